The molecule has 0 heterocycles. The van der Waals surface area contributed by atoms with Crippen molar-refractivity contribution in [2.75, 3.05) is 21.3 Å². The Bertz CT molecular complexity index is 992. The number of ether oxygens (including phenoxy) is 2. The predicted octanol–water partition coefficient (Wildman–Crippen LogP) is 3.99. The molecule has 0 radical (unpaired) electrons. The van der Waals surface area contributed by atoms with E-state index in [1.54, 1.807) is 19.2 Å². The van der Waals surface area contributed by atoms with Crippen LogP contribution in [0.2, 0.25) is 0 Å². The van der Waals surface area contributed by atoms with Crippen LogP contribution in [-0.2, 0) is 6.54 Å². The van der Waals surface area contributed by atoms with Gasteiger partial charge in [0.25, 0.3) is 0 Å². The van der Waals surface area contributed by atoms with Gasteiger partial charge in [-0.25, -0.2) is 0 Å². The zero-order chi connectivity index (χ0) is 20.8. The van der Waals surface area contributed by atoms with Gasteiger partial charge in [-0.1, -0.05) is 36.4 Å². The summed E-state index contributed by atoms with van der Waals surface area (Å²) in [6, 6.07) is 18.4. The van der Waals surface area contributed by atoms with Gasteiger partial charge in [-0.3, -0.25) is 4.99 Å². The molecule has 0 amide bonds. The van der Waals surface area contributed by atoms with Gasteiger partial charge >= 0.3 is 0 Å². The fraction of sp³-hybridized carbons (Fsp3) is 0.261. The van der Waals surface area contributed by atoms with Crippen LogP contribution in [0.25, 0.3) is 10.8 Å². The number of nitrogens with one attached hydrogen (secondary N) is 2. The molecule has 0 aliphatic rings. The van der Waals surface area contributed by atoms with Crippen LogP contribution in [0.4, 0.5) is 0 Å². The number of benzene rings is 3. The Kier molecular flexibility index (Phi) is 6.44. The summed E-state index contributed by atoms with van der Waals surface area (Å²) >= 11 is 0. The highest BCUT2D eigenvalue weighted by Gasteiger charge is 2.12. The van der Waals surface area contributed by atoms with Gasteiger partial charge in [-0.05, 0) is 47.0 Å². The molecule has 0 spiro atoms. The number of phenols is 1. The fourth-order valence-electron chi connectivity index (χ4n) is 3.20. The highest BCUT2D eigenvalue weighted by Crippen LogP contribution is 2.37. The van der Waals surface area contributed by atoms with Crippen LogP contribution < -0.4 is 20.1 Å². The number of aliphatic imine (C=N–C) groups is 1. The summed E-state index contributed by atoms with van der Waals surface area (Å²) in [4.78, 5) is 4.32. The molecule has 0 fully saturated rings. The van der Waals surface area contributed by atoms with Gasteiger partial charge in [0, 0.05) is 13.6 Å². The van der Waals surface area contributed by atoms with E-state index in [0.29, 0.717) is 24.0 Å². The van der Waals surface area contributed by atoms with Crippen LogP contribution in [0.1, 0.15) is 24.1 Å². The van der Waals surface area contributed by atoms with Crippen molar-refractivity contribution in [2.24, 2.45) is 4.99 Å². The second kappa shape index (κ2) is 9.19. The molecule has 6 heteroatoms. The first-order valence-electron chi connectivity index (χ1n) is 9.45. The molecule has 3 N–H and O–H groups in total. The number of aromatic hydroxyl groups is 1. The average Bonchev–Trinajstić information content (AvgIpc) is 2.76. The first-order valence-corrected chi connectivity index (χ1v) is 9.45. The molecule has 1 unspecified atom stereocenters. The number of methoxy groups -OCH3 is 2. The first-order chi connectivity index (χ1) is 14.0. The second-order valence-electron chi connectivity index (χ2n) is 6.75. The number of phenolic OH excluding ortho intramolecular Hbond substituents is 1. The topological polar surface area (TPSA) is 75.1 Å². The van der Waals surface area contributed by atoms with Crippen molar-refractivity contribution in [3.05, 3.63) is 65.7 Å². The number of guanidine groups is 1. The Hall–Kier alpha value is -3.41. The Morgan fingerprint density at radius 1 is 1.00 bits per heavy atom. The fourth-order valence-corrected chi connectivity index (χ4v) is 3.20. The van der Waals surface area contributed by atoms with Crippen LogP contribution in [0.15, 0.2) is 59.6 Å². The molecule has 29 heavy (non-hydrogen) atoms. The molecule has 0 bridgehead atoms. The molecular weight excluding hydrogens is 366 g/mol. The van der Waals surface area contributed by atoms with Gasteiger partial charge in [0.15, 0.2) is 17.5 Å². The molecular formula is C23H27N3O3. The first kappa shape index (κ1) is 20.3. The minimum Gasteiger partial charge on any atom is -0.502 e. The quantitative estimate of drug-likeness (QED) is 0.436. The number of rotatable bonds is 6. The molecule has 3 aromatic carbocycles. The Balaban J connectivity index is 1.69. The van der Waals surface area contributed by atoms with Crippen LogP contribution in [0.3, 0.4) is 0 Å². The lowest BCUT2D eigenvalue weighted by molar-refractivity contribution is 0.339. The molecule has 3 aromatic rings. The summed E-state index contributed by atoms with van der Waals surface area (Å²) in [7, 11) is 4.76. The third-order valence-corrected chi connectivity index (χ3v) is 4.85. The Labute approximate surface area is 171 Å². The predicted molar refractivity (Wildman–Crippen MR) is 117 cm³/mol. The molecule has 1 atom stereocenters. The number of nitrogens with zero attached hydrogens (tertiary/aromatic N) is 1. The lowest BCUT2D eigenvalue weighted by atomic mass is 10.0. The average molecular weight is 393 g/mol. The molecule has 6 nitrogen and oxygen atoms in total. The zero-order valence-electron chi connectivity index (χ0n) is 17.2. The van der Waals surface area contributed by atoms with E-state index in [1.165, 1.54) is 30.6 Å². The maximum absolute atomic E-state index is 10.1. The van der Waals surface area contributed by atoms with E-state index in [9.17, 15) is 5.11 Å². The highest BCUT2D eigenvalue weighted by atomic mass is 16.5. The van der Waals surface area contributed by atoms with E-state index in [-0.39, 0.29) is 11.8 Å². The van der Waals surface area contributed by atoms with Gasteiger partial charge in [0.2, 0.25) is 5.75 Å². The second-order valence-corrected chi connectivity index (χ2v) is 6.75. The summed E-state index contributed by atoms with van der Waals surface area (Å²) in [5.74, 6) is 1.41. The lowest BCUT2D eigenvalue weighted by Gasteiger charge is -2.19. The Morgan fingerprint density at radius 3 is 2.28 bits per heavy atom. The zero-order valence-corrected chi connectivity index (χ0v) is 17.2. The maximum atomic E-state index is 10.1. The highest BCUT2D eigenvalue weighted by molar-refractivity contribution is 5.84. The van der Waals surface area contributed by atoms with E-state index in [2.05, 4.69) is 52.9 Å². The summed E-state index contributed by atoms with van der Waals surface area (Å²) < 4.78 is 10.4. The van der Waals surface area contributed by atoms with Crippen molar-refractivity contribution in [2.45, 2.75) is 19.5 Å². The van der Waals surface area contributed by atoms with Gasteiger partial charge < -0.3 is 25.2 Å². The van der Waals surface area contributed by atoms with Crippen molar-refractivity contribution in [3.8, 4) is 17.2 Å². The minimum absolute atomic E-state index is 0.00816. The largest absolute Gasteiger partial charge is 0.502 e. The smallest absolute Gasteiger partial charge is 0.200 e. The minimum atomic E-state index is -0.00816. The summed E-state index contributed by atoms with van der Waals surface area (Å²) in [6.07, 6.45) is 0. The number of fused-ring (bicyclic) bond motifs is 1. The SMILES string of the molecule is CN=C(NCc1cc(OC)c(O)c(OC)c1)NC(C)c1ccc2ccccc2c1. The molecule has 0 aliphatic heterocycles. The molecule has 0 aliphatic carbocycles. The van der Waals surface area contributed by atoms with Crippen molar-refractivity contribution in [1.29, 1.82) is 0 Å². The van der Waals surface area contributed by atoms with Crippen LogP contribution in [0, 0.1) is 0 Å². The van der Waals surface area contributed by atoms with Gasteiger partial charge in [0.1, 0.15) is 0 Å². The van der Waals surface area contributed by atoms with E-state index < -0.39 is 0 Å². The summed E-state index contributed by atoms with van der Waals surface area (Å²) in [5.41, 5.74) is 2.08. The van der Waals surface area contributed by atoms with Crippen molar-refractivity contribution < 1.29 is 14.6 Å². The van der Waals surface area contributed by atoms with Gasteiger partial charge in [-0.15, -0.1) is 0 Å². The van der Waals surface area contributed by atoms with E-state index in [0.717, 1.165) is 5.56 Å². The summed E-state index contributed by atoms with van der Waals surface area (Å²) in [5, 5.41) is 19.2. The number of hydrogen-bond acceptors (Lipinski definition) is 4. The monoisotopic (exact) mass is 393 g/mol. The number of hydrogen-bond donors (Lipinski definition) is 3. The molecule has 152 valence electrons. The third kappa shape index (κ3) is 4.71. The molecule has 0 saturated carbocycles. The van der Waals surface area contributed by atoms with E-state index in [1.807, 2.05) is 12.1 Å². The third-order valence-electron chi connectivity index (χ3n) is 4.85. The van der Waals surface area contributed by atoms with Crippen molar-refractivity contribution in [3.63, 3.8) is 0 Å². The van der Waals surface area contributed by atoms with Crippen LogP contribution >= 0.6 is 0 Å². The lowest BCUT2D eigenvalue weighted by Crippen LogP contribution is -2.38. The molecule has 0 aromatic heterocycles. The summed E-state index contributed by atoms with van der Waals surface area (Å²) in [6.45, 7) is 2.60. The van der Waals surface area contributed by atoms with Crippen LogP contribution in [-0.4, -0.2) is 32.3 Å². The molecule has 3 rings (SSSR count). The van der Waals surface area contributed by atoms with Gasteiger partial charge in [-0.2, -0.15) is 0 Å². The van der Waals surface area contributed by atoms with E-state index in [4.69, 9.17) is 9.47 Å². The normalized spacial score (nSPS) is 12.5. The van der Waals surface area contributed by atoms with Gasteiger partial charge in [0.05, 0.1) is 20.3 Å². The van der Waals surface area contributed by atoms with E-state index >= 15 is 0 Å². The standard InChI is InChI=1S/C23H27N3O3/c1-15(18-10-9-17-7-5-6-8-19(17)13-18)26-23(24-2)25-14-16-11-20(28-3)22(27)21(12-16)29-4/h5-13,15,27H,14H2,1-4H3,(H2,24,25,26). The Morgan fingerprint density at radius 2 is 1.66 bits per heavy atom. The van der Waals surface area contributed by atoms with Crippen molar-refractivity contribution in [1.82, 2.24) is 10.6 Å². The maximum Gasteiger partial charge on any atom is 0.200 e. The molecule has 0 saturated heterocycles. The van der Waals surface area contributed by atoms with Crippen molar-refractivity contribution >= 4 is 16.7 Å². The van der Waals surface area contributed by atoms with Crippen LogP contribution in [0.5, 0.6) is 17.2 Å².